The van der Waals surface area contributed by atoms with Crippen LogP contribution in [-0.4, -0.2) is 31.8 Å². The van der Waals surface area contributed by atoms with E-state index in [1.54, 1.807) is 0 Å². The van der Waals surface area contributed by atoms with Crippen molar-refractivity contribution in [3.63, 3.8) is 0 Å². The van der Waals surface area contributed by atoms with E-state index < -0.39 is 0 Å². The van der Waals surface area contributed by atoms with E-state index in [2.05, 4.69) is 5.32 Å². The summed E-state index contributed by atoms with van der Waals surface area (Å²) >= 11 is 0. The number of benzene rings is 1. The second-order valence-corrected chi connectivity index (χ2v) is 5.03. The molecule has 0 saturated carbocycles. The summed E-state index contributed by atoms with van der Waals surface area (Å²) in [5.41, 5.74) is 1.19. The minimum absolute atomic E-state index is 0.0154. The Labute approximate surface area is 121 Å². The number of carbonyl (C=O) groups is 1. The maximum Gasteiger partial charge on any atom is 0.223 e. The van der Waals surface area contributed by atoms with Crippen LogP contribution in [0.3, 0.4) is 0 Å². The third-order valence-corrected chi connectivity index (χ3v) is 2.71. The molecule has 0 aliphatic carbocycles. The smallest absolute Gasteiger partial charge is 0.223 e. The third-order valence-electron chi connectivity index (χ3n) is 2.71. The molecule has 0 aromatic heterocycles. The van der Waals surface area contributed by atoms with Gasteiger partial charge in [-0.3, -0.25) is 4.79 Å². The predicted molar refractivity (Wildman–Crippen MR) is 80.0 cm³/mol. The molecule has 1 N–H and O–H groups in total. The molecule has 0 unspecified atom stereocenters. The lowest BCUT2D eigenvalue weighted by atomic mass is 10.2. The molecular weight excluding hydrogens is 254 g/mol. The number of hydrogen-bond donors (Lipinski definition) is 1. The molecule has 0 bridgehead atoms. The van der Waals surface area contributed by atoms with Gasteiger partial charge < -0.3 is 14.8 Å². The predicted octanol–water partition coefficient (Wildman–Crippen LogP) is 2.70. The van der Waals surface area contributed by atoms with E-state index in [1.165, 1.54) is 5.56 Å². The van der Waals surface area contributed by atoms with E-state index in [9.17, 15) is 4.79 Å². The first-order chi connectivity index (χ1) is 9.58. The van der Waals surface area contributed by atoms with Crippen LogP contribution in [0.1, 0.15) is 32.3 Å². The summed E-state index contributed by atoms with van der Waals surface area (Å²) in [6, 6.07) is 7.81. The third kappa shape index (κ3) is 7.79. The number of aryl methyl sites for hydroxylation is 1. The topological polar surface area (TPSA) is 47.6 Å². The van der Waals surface area contributed by atoms with Gasteiger partial charge in [0.15, 0.2) is 0 Å². The van der Waals surface area contributed by atoms with Gasteiger partial charge in [0.2, 0.25) is 5.91 Å². The average Bonchev–Trinajstić information content (AvgIpc) is 2.40. The monoisotopic (exact) mass is 279 g/mol. The minimum Gasteiger partial charge on any atom is -0.493 e. The van der Waals surface area contributed by atoms with E-state index in [4.69, 9.17) is 9.47 Å². The molecule has 1 rings (SSSR count). The van der Waals surface area contributed by atoms with E-state index in [-0.39, 0.29) is 12.0 Å². The Morgan fingerprint density at radius 2 is 1.90 bits per heavy atom. The fraction of sp³-hybridized carbons (Fsp3) is 0.562. The van der Waals surface area contributed by atoms with Crippen molar-refractivity contribution in [1.82, 2.24) is 5.32 Å². The summed E-state index contributed by atoms with van der Waals surface area (Å²) in [6.45, 7) is 7.76. The van der Waals surface area contributed by atoms with Crippen molar-refractivity contribution in [3.05, 3.63) is 29.8 Å². The summed E-state index contributed by atoms with van der Waals surface area (Å²) in [7, 11) is 0. The van der Waals surface area contributed by atoms with Crippen molar-refractivity contribution < 1.29 is 14.3 Å². The Morgan fingerprint density at radius 3 is 2.55 bits per heavy atom. The van der Waals surface area contributed by atoms with Gasteiger partial charge in [-0.2, -0.15) is 0 Å². The van der Waals surface area contributed by atoms with Crippen LogP contribution in [0.15, 0.2) is 24.3 Å². The van der Waals surface area contributed by atoms with Crippen LogP contribution >= 0.6 is 0 Å². The van der Waals surface area contributed by atoms with Crippen molar-refractivity contribution in [2.45, 2.75) is 39.7 Å². The number of nitrogens with one attached hydrogen (secondary N) is 1. The van der Waals surface area contributed by atoms with Crippen molar-refractivity contribution in [2.24, 2.45) is 0 Å². The molecule has 112 valence electrons. The van der Waals surface area contributed by atoms with Gasteiger partial charge in [0.1, 0.15) is 5.75 Å². The van der Waals surface area contributed by atoms with Gasteiger partial charge >= 0.3 is 0 Å². The summed E-state index contributed by atoms with van der Waals surface area (Å²) in [6.07, 6.45) is 1.45. The van der Waals surface area contributed by atoms with Gasteiger partial charge in [-0.05, 0) is 39.3 Å². The largest absolute Gasteiger partial charge is 0.493 e. The van der Waals surface area contributed by atoms with Gasteiger partial charge in [-0.25, -0.2) is 0 Å². The first-order valence-electron chi connectivity index (χ1n) is 7.15. The number of carbonyl (C=O) groups excluding carboxylic acids is 1. The van der Waals surface area contributed by atoms with Gasteiger partial charge in [-0.15, -0.1) is 0 Å². The molecule has 0 fully saturated rings. The zero-order chi connectivity index (χ0) is 14.8. The molecule has 1 aromatic carbocycles. The normalized spacial score (nSPS) is 10.6. The molecule has 0 heterocycles. The molecule has 0 radical (unpaired) electrons. The van der Waals surface area contributed by atoms with Crippen LogP contribution < -0.4 is 10.1 Å². The lowest BCUT2D eigenvalue weighted by molar-refractivity contribution is -0.121. The van der Waals surface area contributed by atoms with Crippen LogP contribution in [-0.2, 0) is 9.53 Å². The van der Waals surface area contributed by atoms with Crippen molar-refractivity contribution in [2.75, 3.05) is 19.8 Å². The SMILES string of the molecule is Cc1ccc(OCCC(=O)NCCCOC(C)C)cc1. The Hall–Kier alpha value is -1.55. The molecule has 0 aliphatic rings. The zero-order valence-corrected chi connectivity index (χ0v) is 12.6. The molecule has 0 atom stereocenters. The number of rotatable bonds is 9. The summed E-state index contributed by atoms with van der Waals surface area (Å²) in [5, 5.41) is 2.85. The second kappa shape index (κ2) is 9.37. The lowest BCUT2D eigenvalue weighted by Gasteiger charge is -2.09. The highest BCUT2D eigenvalue weighted by Crippen LogP contribution is 2.11. The highest BCUT2D eigenvalue weighted by molar-refractivity contribution is 5.75. The van der Waals surface area contributed by atoms with Crippen molar-refractivity contribution in [1.29, 1.82) is 0 Å². The van der Waals surface area contributed by atoms with Crippen molar-refractivity contribution >= 4 is 5.91 Å². The molecule has 0 aliphatic heterocycles. The average molecular weight is 279 g/mol. The van der Waals surface area contributed by atoms with Crippen LogP contribution in [0.5, 0.6) is 5.75 Å². The highest BCUT2D eigenvalue weighted by Gasteiger charge is 2.01. The van der Waals surface area contributed by atoms with Gasteiger partial charge in [-0.1, -0.05) is 17.7 Å². The molecule has 1 amide bonds. The fourth-order valence-corrected chi connectivity index (χ4v) is 1.60. The van der Waals surface area contributed by atoms with Crippen LogP contribution in [0.2, 0.25) is 0 Å². The molecular formula is C16H25NO3. The summed E-state index contributed by atoms with van der Waals surface area (Å²) < 4.78 is 10.9. The first-order valence-corrected chi connectivity index (χ1v) is 7.15. The standard InChI is InChI=1S/C16H25NO3/c1-13(2)19-11-4-10-17-16(18)9-12-20-15-7-5-14(3)6-8-15/h5-8,13H,4,9-12H2,1-3H3,(H,17,18). The fourth-order valence-electron chi connectivity index (χ4n) is 1.60. The number of ether oxygens (including phenoxy) is 2. The quantitative estimate of drug-likeness (QED) is 0.707. The molecule has 0 saturated heterocycles. The molecule has 20 heavy (non-hydrogen) atoms. The molecule has 0 spiro atoms. The summed E-state index contributed by atoms with van der Waals surface area (Å²) in [4.78, 5) is 11.6. The van der Waals surface area contributed by atoms with Gasteiger partial charge in [0.05, 0.1) is 19.1 Å². The second-order valence-electron chi connectivity index (χ2n) is 5.03. The van der Waals surface area contributed by atoms with Gasteiger partial charge in [0.25, 0.3) is 0 Å². The first kappa shape index (κ1) is 16.5. The maximum atomic E-state index is 11.6. The highest BCUT2D eigenvalue weighted by atomic mass is 16.5. The Morgan fingerprint density at radius 1 is 1.20 bits per heavy atom. The number of amides is 1. The van der Waals surface area contributed by atoms with E-state index in [1.807, 2.05) is 45.0 Å². The van der Waals surface area contributed by atoms with Crippen LogP contribution in [0.4, 0.5) is 0 Å². The molecule has 4 heteroatoms. The Bertz CT molecular complexity index is 387. The Kier molecular flexibility index (Phi) is 7.73. The van der Waals surface area contributed by atoms with E-state index >= 15 is 0 Å². The van der Waals surface area contributed by atoms with Gasteiger partial charge in [0, 0.05) is 13.2 Å². The lowest BCUT2D eigenvalue weighted by Crippen LogP contribution is -2.26. The molecule has 4 nitrogen and oxygen atoms in total. The van der Waals surface area contributed by atoms with E-state index in [0.29, 0.717) is 26.2 Å². The van der Waals surface area contributed by atoms with Crippen molar-refractivity contribution in [3.8, 4) is 5.75 Å². The number of hydrogen-bond acceptors (Lipinski definition) is 3. The summed E-state index contributed by atoms with van der Waals surface area (Å²) in [5.74, 6) is 0.815. The zero-order valence-electron chi connectivity index (χ0n) is 12.6. The molecule has 1 aromatic rings. The van der Waals surface area contributed by atoms with Crippen LogP contribution in [0.25, 0.3) is 0 Å². The Balaban J connectivity index is 2.04. The minimum atomic E-state index is 0.0154. The van der Waals surface area contributed by atoms with Crippen LogP contribution in [0, 0.1) is 6.92 Å². The van der Waals surface area contributed by atoms with E-state index in [0.717, 1.165) is 12.2 Å². The maximum absolute atomic E-state index is 11.6.